The highest BCUT2D eigenvalue weighted by molar-refractivity contribution is 5.91. The molecule has 34 heavy (non-hydrogen) atoms. The van der Waals surface area contributed by atoms with Crippen LogP contribution in [0.5, 0.6) is 5.75 Å². The van der Waals surface area contributed by atoms with E-state index < -0.39 is 0 Å². The zero-order chi connectivity index (χ0) is 23.5. The standard InChI is InChI=1S/C26H24FN5O2/c1-34-23-13-7-19(8-14-23)25-28-24(29-32(25)22-5-3-2-4-6-22)26(33)31-17-15-30(16-18-31)21-11-9-20(27)10-12-21/h2-14H,15-18H2,1H3. The summed E-state index contributed by atoms with van der Waals surface area (Å²) >= 11 is 0. The SMILES string of the molecule is COc1ccc(-c2nc(C(=O)N3CCN(c4ccc(F)cc4)CC3)nn2-c2ccccc2)cc1. The number of methoxy groups -OCH3 is 1. The van der Waals surface area contributed by atoms with Crippen LogP contribution in [0, 0.1) is 5.82 Å². The van der Waals surface area contributed by atoms with E-state index in [1.54, 1.807) is 28.8 Å². The lowest BCUT2D eigenvalue weighted by Gasteiger charge is -2.35. The summed E-state index contributed by atoms with van der Waals surface area (Å²) in [6.45, 7) is 2.38. The summed E-state index contributed by atoms with van der Waals surface area (Å²) in [6, 6.07) is 23.6. The molecule has 0 aliphatic carbocycles. The summed E-state index contributed by atoms with van der Waals surface area (Å²) in [6.07, 6.45) is 0. The molecular weight excluding hydrogens is 433 g/mol. The molecule has 1 saturated heterocycles. The molecule has 0 saturated carbocycles. The van der Waals surface area contributed by atoms with Crippen molar-refractivity contribution in [1.82, 2.24) is 19.7 Å². The van der Waals surface area contributed by atoms with Crippen LogP contribution < -0.4 is 9.64 Å². The van der Waals surface area contributed by atoms with Gasteiger partial charge in [0, 0.05) is 37.4 Å². The number of para-hydroxylation sites is 1. The first kappa shape index (κ1) is 21.6. The van der Waals surface area contributed by atoms with Crippen LogP contribution in [0.1, 0.15) is 10.6 Å². The second kappa shape index (κ2) is 9.35. The first-order valence-electron chi connectivity index (χ1n) is 11.1. The van der Waals surface area contributed by atoms with Crippen LogP contribution >= 0.6 is 0 Å². The molecule has 0 N–H and O–H groups in total. The van der Waals surface area contributed by atoms with Gasteiger partial charge in [-0.15, -0.1) is 5.10 Å². The summed E-state index contributed by atoms with van der Waals surface area (Å²) in [5, 5.41) is 4.59. The molecule has 7 nitrogen and oxygen atoms in total. The molecule has 0 bridgehead atoms. The zero-order valence-electron chi connectivity index (χ0n) is 18.8. The Morgan fingerprint density at radius 1 is 0.853 bits per heavy atom. The van der Waals surface area contributed by atoms with Gasteiger partial charge >= 0.3 is 0 Å². The molecular formula is C26H24FN5O2. The summed E-state index contributed by atoms with van der Waals surface area (Å²) in [5.41, 5.74) is 2.60. The Morgan fingerprint density at radius 3 is 2.18 bits per heavy atom. The van der Waals surface area contributed by atoms with Crippen LogP contribution in [0.3, 0.4) is 0 Å². The number of amides is 1. The van der Waals surface area contributed by atoms with Crippen LogP contribution in [0.15, 0.2) is 78.9 Å². The topological polar surface area (TPSA) is 63.5 Å². The fourth-order valence-corrected chi connectivity index (χ4v) is 4.04. The second-order valence-electron chi connectivity index (χ2n) is 7.99. The minimum Gasteiger partial charge on any atom is -0.497 e. The van der Waals surface area contributed by atoms with Crippen molar-refractivity contribution in [2.75, 3.05) is 38.2 Å². The van der Waals surface area contributed by atoms with Gasteiger partial charge < -0.3 is 14.5 Å². The first-order valence-corrected chi connectivity index (χ1v) is 11.1. The van der Waals surface area contributed by atoms with E-state index in [2.05, 4.69) is 15.0 Å². The monoisotopic (exact) mass is 457 g/mol. The molecule has 4 aromatic rings. The third kappa shape index (κ3) is 4.34. The molecule has 1 amide bonds. The van der Waals surface area contributed by atoms with Crippen LogP contribution in [-0.4, -0.2) is 58.9 Å². The van der Waals surface area contributed by atoms with Gasteiger partial charge in [-0.25, -0.2) is 14.1 Å². The number of carbonyl (C=O) groups is 1. The average Bonchev–Trinajstić information content (AvgIpc) is 3.35. The second-order valence-corrected chi connectivity index (χ2v) is 7.99. The van der Waals surface area contributed by atoms with E-state index >= 15 is 0 Å². The lowest BCUT2D eigenvalue weighted by molar-refractivity contribution is 0.0734. The van der Waals surface area contributed by atoms with Crippen molar-refractivity contribution in [3.8, 4) is 22.8 Å². The highest BCUT2D eigenvalue weighted by Gasteiger charge is 2.27. The number of hydrogen-bond donors (Lipinski definition) is 0. The molecule has 2 heterocycles. The van der Waals surface area contributed by atoms with Gasteiger partial charge in [-0.05, 0) is 60.7 Å². The van der Waals surface area contributed by atoms with Crippen molar-refractivity contribution in [3.63, 3.8) is 0 Å². The van der Waals surface area contributed by atoms with E-state index in [1.165, 1.54) is 12.1 Å². The van der Waals surface area contributed by atoms with Crippen molar-refractivity contribution in [3.05, 3.63) is 90.5 Å². The number of anilines is 1. The van der Waals surface area contributed by atoms with Crippen molar-refractivity contribution in [2.45, 2.75) is 0 Å². The number of carbonyl (C=O) groups excluding carboxylic acids is 1. The molecule has 0 atom stereocenters. The molecule has 3 aromatic carbocycles. The number of aromatic nitrogens is 3. The first-order chi connectivity index (χ1) is 16.6. The Morgan fingerprint density at radius 2 is 1.53 bits per heavy atom. The highest BCUT2D eigenvalue weighted by Crippen LogP contribution is 2.24. The van der Waals surface area contributed by atoms with Crippen molar-refractivity contribution in [1.29, 1.82) is 0 Å². The van der Waals surface area contributed by atoms with Gasteiger partial charge in [0.25, 0.3) is 5.91 Å². The third-order valence-electron chi connectivity index (χ3n) is 5.91. The van der Waals surface area contributed by atoms with Crippen LogP contribution in [-0.2, 0) is 0 Å². The number of halogens is 1. The van der Waals surface area contributed by atoms with Gasteiger partial charge in [-0.2, -0.15) is 0 Å². The Balaban J connectivity index is 1.39. The van der Waals surface area contributed by atoms with Crippen molar-refractivity contribution in [2.24, 2.45) is 0 Å². The average molecular weight is 458 g/mol. The summed E-state index contributed by atoms with van der Waals surface area (Å²) in [5.74, 6) is 1.02. The fraction of sp³-hybridized carbons (Fsp3) is 0.192. The van der Waals surface area contributed by atoms with E-state index in [1.807, 2.05) is 54.6 Å². The molecule has 0 spiro atoms. The Bertz CT molecular complexity index is 1270. The molecule has 1 aliphatic heterocycles. The lowest BCUT2D eigenvalue weighted by Crippen LogP contribution is -2.49. The molecule has 5 rings (SSSR count). The normalized spacial score (nSPS) is 13.7. The minimum atomic E-state index is -0.259. The summed E-state index contributed by atoms with van der Waals surface area (Å²) < 4.78 is 20.2. The van der Waals surface area contributed by atoms with Gasteiger partial charge in [0.1, 0.15) is 11.6 Å². The van der Waals surface area contributed by atoms with E-state index in [0.717, 1.165) is 22.7 Å². The Kier molecular flexibility index (Phi) is 5.95. The van der Waals surface area contributed by atoms with Crippen LogP contribution in [0.2, 0.25) is 0 Å². The largest absolute Gasteiger partial charge is 0.497 e. The molecule has 1 aromatic heterocycles. The van der Waals surface area contributed by atoms with Crippen LogP contribution in [0.4, 0.5) is 10.1 Å². The van der Waals surface area contributed by atoms with E-state index in [0.29, 0.717) is 32.0 Å². The van der Waals surface area contributed by atoms with Crippen molar-refractivity contribution >= 4 is 11.6 Å². The lowest BCUT2D eigenvalue weighted by atomic mass is 10.2. The zero-order valence-corrected chi connectivity index (χ0v) is 18.8. The number of ether oxygens (including phenoxy) is 1. The highest BCUT2D eigenvalue weighted by atomic mass is 19.1. The number of benzene rings is 3. The van der Waals surface area contributed by atoms with E-state index in [-0.39, 0.29) is 17.5 Å². The maximum Gasteiger partial charge on any atom is 0.293 e. The third-order valence-corrected chi connectivity index (χ3v) is 5.91. The maximum atomic E-state index is 13.3. The summed E-state index contributed by atoms with van der Waals surface area (Å²) in [7, 11) is 1.62. The number of rotatable bonds is 5. The number of nitrogens with zero attached hydrogens (tertiary/aromatic N) is 5. The van der Waals surface area contributed by atoms with Crippen LogP contribution in [0.25, 0.3) is 17.1 Å². The maximum absolute atomic E-state index is 13.3. The Hall–Kier alpha value is -4.20. The van der Waals surface area contributed by atoms with Gasteiger partial charge in [0.15, 0.2) is 5.82 Å². The van der Waals surface area contributed by atoms with Gasteiger partial charge in [0.05, 0.1) is 12.8 Å². The quantitative estimate of drug-likeness (QED) is 0.453. The molecule has 172 valence electrons. The molecule has 1 fully saturated rings. The molecule has 0 unspecified atom stereocenters. The predicted octanol–water partition coefficient (Wildman–Crippen LogP) is 4.04. The minimum absolute atomic E-state index is 0.157. The van der Waals surface area contributed by atoms with Gasteiger partial charge in [-0.3, -0.25) is 4.79 Å². The number of hydrogen-bond acceptors (Lipinski definition) is 5. The van der Waals surface area contributed by atoms with Crippen molar-refractivity contribution < 1.29 is 13.9 Å². The summed E-state index contributed by atoms with van der Waals surface area (Å²) in [4.78, 5) is 21.9. The fourth-order valence-electron chi connectivity index (χ4n) is 4.04. The molecule has 0 radical (unpaired) electrons. The predicted molar refractivity (Wildman–Crippen MR) is 128 cm³/mol. The number of piperazine rings is 1. The van der Waals surface area contributed by atoms with Gasteiger partial charge in [-0.1, -0.05) is 18.2 Å². The molecule has 8 heteroatoms. The Labute approximate surface area is 197 Å². The smallest absolute Gasteiger partial charge is 0.293 e. The molecule has 1 aliphatic rings. The van der Waals surface area contributed by atoms with E-state index in [4.69, 9.17) is 4.74 Å². The van der Waals surface area contributed by atoms with E-state index in [9.17, 15) is 9.18 Å². The van der Waals surface area contributed by atoms with Gasteiger partial charge in [0.2, 0.25) is 5.82 Å².